The number of ether oxygens (including phenoxy) is 1. The molecule has 4 nitrogen and oxygen atoms in total. The number of piperidine rings is 2. The zero-order valence-electron chi connectivity index (χ0n) is 12.9. The summed E-state index contributed by atoms with van der Waals surface area (Å²) in [5.74, 6) is 0. The van der Waals surface area contributed by atoms with E-state index in [0.717, 1.165) is 12.8 Å². The third kappa shape index (κ3) is 2.57. The lowest BCUT2D eigenvalue weighted by Crippen LogP contribution is -2.67. The number of hydrogen-bond acceptors (Lipinski definition) is 4. The van der Waals surface area contributed by atoms with Gasteiger partial charge in [0, 0.05) is 28.8 Å². The van der Waals surface area contributed by atoms with Gasteiger partial charge in [0.2, 0.25) is 0 Å². The molecule has 3 aliphatic rings. The van der Waals surface area contributed by atoms with Crippen LogP contribution in [0.25, 0.3) is 0 Å². The van der Waals surface area contributed by atoms with Gasteiger partial charge in [0.25, 0.3) is 0 Å². The van der Waals surface area contributed by atoms with Crippen molar-refractivity contribution in [3.63, 3.8) is 0 Å². The van der Waals surface area contributed by atoms with Crippen molar-refractivity contribution in [1.29, 1.82) is 0 Å². The van der Waals surface area contributed by atoms with Gasteiger partial charge in [-0.2, -0.15) is 0 Å². The summed E-state index contributed by atoms with van der Waals surface area (Å²) in [4.78, 5) is 15.5. The number of nitrogens with zero attached hydrogens (tertiary/aromatic N) is 1. The fraction of sp³-hybridized carbons (Fsp3) is 0.688. The van der Waals surface area contributed by atoms with E-state index in [2.05, 4.69) is 17.5 Å². The third-order valence-electron chi connectivity index (χ3n) is 4.48. The fourth-order valence-corrected chi connectivity index (χ4v) is 4.80. The molecule has 2 aliphatic heterocycles. The van der Waals surface area contributed by atoms with E-state index in [0.29, 0.717) is 13.1 Å². The molecule has 4 rings (SSSR count). The van der Waals surface area contributed by atoms with Crippen molar-refractivity contribution < 1.29 is 14.6 Å². The van der Waals surface area contributed by atoms with Gasteiger partial charge >= 0.3 is 6.09 Å². The Bertz CT molecular complexity index is 526. The van der Waals surface area contributed by atoms with Crippen LogP contribution in [0.2, 0.25) is 0 Å². The second kappa shape index (κ2) is 4.71. The Morgan fingerprint density at radius 2 is 2.14 bits per heavy atom. The van der Waals surface area contributed by atoms with Gasteiger partial charge in [0.15, 0.2) is 0 Å². The number of aliphatic hydroxyl groups excluding tert-OH is 1. The smallest absolute Gasteiger partial charge is 0.410 e. The summed E-state index contributed by atoms with van der Waals surface area (Å²) in [7, 11) is 0. The van der Waals surface area contributed by atoms with Crippen LogP contribution in [0.3, 0.4) is 0 Å². The first-order valence-electron chi connectivity index (χ1n) is 7.40. The van der Waals surface area contributed by atoms with Crippen LogP contribution in [-0.4, -0.2) is 41.4 Å². The van der Waals surface area contributed by atoms with E-state index in [-0.39, 0.29) is 23.5 Å². The number of rotatable bonds is 2. The van der Waals surface area contributed by atoms with Gasteiger partial charge in [-0.3, -0.25) is 0 Å². The van der Waals surface area contributed by atoms with Crippen LogP contribution in [0.1, 0.15) is 38.5 Å². The van der Waals surface area contributed by atoms with Gasteiger partial charge in [-0.05, 0) is 45.1 Å². The minimum Gasteiger partial charge on any atom is -0.444 e. The molecule has 1 saturated carbocycles. The summed E-state index contributed by atoms with van der Waals surface area (Å²) in [6, 6.07) is 4.20. The first-order valence-corrected chi connectivity index (χ1v) is 8.28. The van der Waals surface area contributed by atoms with E-state index in [9.17, 15) is 9.90 Å². The minimum atomic E-state index is -0.485. The number of fused-ring (bicyclic) bond motifs is 2. The number of thiophene rings is 1. The molecule has 5 heteroatoms. The molecule has 0 spiro atoms. The van der Waals surface area contributed by atoms with E-state index in [1.165, 1.54) is 4.88 Å². The monoisotopic (exact) mass is 309 g/mol. The lowest BCUT2D eigenvalue weighted by molar-refractivity contribution is -0.110. The summed E-state index contributed by atoms with van der Waals surface area (Å²) >= 11 is 1.74. The molecule has 116 valence electrons. The summed E-state index contributed by atoms with van der Waals surface area (Å²) in [6.45, 7) is 7.08. The molecule has 1 aromatic heterocycles. The molecule has 0 aromatic carbocycles. The molecule has 0 radical (unpaired) electrons. The molecule has 1 aromatic rings. The predicted molar refractivity (Wildman–Crippen MR) is 82.6 cm³/mol. The maximum absolute atomic E-state index is 12.4. The van der Waals surface area contributed by atoms with Crippen molar-refractivity contribution in [3.8, 4) is 0 Å². The topological polar surface area (TPSA) is 49.8 Å². The summed E-state index contributed by atoms with van der Waals surface area (Å²) in [5.41, 5.74) is -0.605. The molecule has 21 heavy (non-hydrogen) atoms. The Hall–Kier alpha value is -1.07. The van der Waals surface area contributed by atoms with Crippen LogP contribution in [0.15, 0.2) is 17.5 Å². The molecule has 1 N–H and O–H groups in total. The van der Waals surface area contributed by atoms with Gasteiger partial charge in [0.1, 0.15) is 5.60 Å². The molecule has 3 fully saturated rings. The van der Waals surface area contributed by atoms with Gasteiger partial charge in [0.05, 0.1) is 6.61 Å². The normalized spacial score (nSPS) is 31.7. The first-order chi connectivity index (χ1) is 9.78. The maximum atomic E-state index is 12.4. The van der Waals surface area contributed by atoms with Crippen LogP contribution in [-0.2, 0) is 10.2 Å². The van der Waals surface area contributed by atoms with E-state index in [1.54, 1.807) is 16.2 Å². The number of hydrogen-bond donors (Lipinski definition) is 1. The Morgan fingerprint density at radius 3 is 2.67 bits per heavy atom. The quantitative estimate of drug-likeness (QED) is 0.913. The van der Waals surface area contributed by atoms with E-state index in [4.69, 9.17) is 4.74 Å². The van der Waals surface area contributed by atoms with Crippen LogP contribution in [0.5, 0.6) is 0 Å². The van der Waals surface area contributed by atoms with E-state index in [1.807, 2.05) is 20.8 Å². The van der Waals surface area contributed by atoms with Gasteiger partial charge in [-0.25, -0.2) is 4.79 Å². The lowest BCUT2D eigenvalue weighted by atomic mass is 9.49. The van der Waals surface area contributed by atoms with Crippen LogP contribution < -0.4 is 0 Å². The Balaban J connectivity index is 1.81. The predicted octanol–water partition coefficient (Wildman–Crippen LogP) is 3.01. The van der Waals surface area contributed by atoms with Crippen molar-refractivity contribution in [1.82, 2.24) is 4.90 Å². The minimum absolute atomic E-state index is 0.0199. The molecule has 0 atom stereocenters. The van der Waals surface area contributed by atoms with Crippen molar-refractivity contribution >= 4 is 17.4 Å². The SMILES string of the molecule is CC(C)(C)OC(=O)N1CC2(CO)CC(c3cccs3)(C1)C2. The highest BCUT2D eigenvalue weighted by Gasteiger charge is 2.61. The average molecular weight is 309 g/mol. The molecule has 0 unspecified atom stereocenters. The summed E-state index contributed by atoms with van der Waals surface area (Å²) in [6.07, 6.45) is 1.67. The summed E-state index contributed by atoms with van der Waals surface area (Å²) in [5, 5.41) is 11.8. The Kier molecular flexibility index (Phi) is 3.33. The first kappa shape index (κ1) is 14.9. The van der Waals surface area contributed by atoms with Crippen LogP contribution >= 0.6 is 11.3 Å². The second-order valence-electron chi connectivity index (χ2n) is 7.61. The molecule has 2 bridgehead atoms. The highest BCUT2D eigenvalue weighted by molar-refractivity contribution is 7.10. The van der Waals surface area contributed by atoms with Crippen molar-refractivity contribution in [2.75, 3.05) is 19.7 Å². The fourth-order valence-electron chi connectivity index (χ4n) is 3.88. The van der Waals surface area contributed by atoms with Crippen LogP contribution in [0, 0.1) is 5.41 Å². The number of amides is 1. The second-order valence-corrected chi connectivity index (χ2v) is 8.55. The van der Waals surface area contributed by atoms with Crippen molar-refractivity contribution in [2.45, 2.75) is 44.6 Å². The highest BCUT2D eigenvalue weighted by Crippen LogP contribution is 2.60. The van der Waals surface area contributed by atoms with Gasteiger partial charge in [-0.15, -0.1) is 11.3 Å². The maximum Gasteiger partial charge on any atom is 0.410 e. The number of aliphatic hydroxyl groups is 1. The Morgan fingerprint density at radius 1 is 1.43 bits per heavy atom. The van der Waals surface area contributed by atoms with Crippen LogP contribution in [0.4, 0.5) is 4.79 Å². The molecule has 1 aliphatic carbocycles. The molecular weight excluding hydrogens is 286 g/mol. The molecular formula is C16H23NO3S. The van der Waals surface area contributed by atoms with E-state index < -0.39 is 5.60 Å². The average Bonchev–Trinajstić information content (AvgIpc) is 2.89. The largest absolute Gasteiger partial charge is 0.444 e. The highest BCUT2D eigenvalue weighted by atomic mass is 32.1. The summed E-state index contributed by atoms with van der Waals surface area (Å²) < 4.78 is 5.51. The van der Waals surface area contributed by atoms with Gasteiger partial charge in [-0.1, -0.05) is 6.07 Å². The number of carbonyl (C=O) groups is 1. The molecule has 1 amide bonds. The number of carbonyl (C=O) groups excluding carboxylic acids is 1. The lowest BCUT2D eigenvalue weighted by Gasteiger charge is -2.62. The van der Waals surface area contributed by atoms with E-state index >= 15 is 0 Å². The molecule has 3 heterocycles. The standard InChI is InChI=1S/C16H23NO3S/c1-14(2,3)20-13(19)17-9-15(11-18)7-16(8-15,10-17)12-5-4-6-21-12/h4-6,18H,7-11H2,1-3H3. The third-order valence-corrected chi connectivity index (χ3v) is 5.59. The van der Waals surface area contributed by atoms with Crippen molar-refractivity contribution in [3.05, 3.63) is 22.4 Å². The zero-order valence-corrected chi connectivity index (χ0v) is 13.7. The zero-order chi connectivity index (χ0) is 15.3. The van der Waals surface area contributed by atoms with Crippen molar-refractivity contribution in [2.24, 2.45) is 5.41 Å². The Labute approximate surface area is 129 Å². The van der Waals surface area contributed by atoms with Gasteiger partial charge < -0.3 is 14.7 Å². The molecule has 2 saturated heterocycles.